The van der Waals surface area contributed by atoms with Gasteiger partial charge in [0.2, 0.25) is 0 Å². The molecule has 1 fully saturated rings. The highest BCUT2D eigenvalue weighted by atomic mass is 16.5. The van der Waals surface area contributed by atoms with Gasteiger partial charge in [-0.3, -0.25) is 0 Å². The Bertz CT molecular complexity index is 296. The molecule has 94 valence electrons. The molecule has 1 aliphatic heterocycles. The van der Waals surface area contributed by atoms with E-state index in [2.05, 4.69) is 22.8 Å². The van der Waals surface area contributed by atoms with Crippen molar-refractivity contribution in [1.29, 1.82) is 0 Å². The number of hydrogen-bond donors (Lipinski definition) is 2. The quantitative estimate of drug-likeness (QED) is 0.710. The lowest BCUT2D eigenvalue weighted by molar-refractivity contribution is 0.104. The smallest absolute Gasteiger partial charge is 0.0588 e. The summed E-state index contributed by atoms with van der Waals surface area (Å²) < 4.78 is 5.57. The summed E-state index contributed by atoms with van der Waals surface area (Å²) in [5, 5.41) is 6.82. The molecule has 1 heterocycles. The van der Waals surface area contributed by atoms with Crippen molar-refractivity contribution in [2.75, 3.05) is 31.6 Å². The number of hydrogen-bond acceptors (Lipinski definition) is 3. The van der Waals surface area contributed by atoms with Crippen molar-refractivity contribution in [1.82, 2.24) is 5.32 Å². The second-order valence-corrected chi connectivity index (χ2v) is 4.47. The summed E-state index contributed by atoms with van der Waals surface area (Å²) in [5.74, 6) is 0. The Morgan fingerprint density at radius 2 is 2.00 bits per heavy atom. The van der Waals surface area contributed by atoms with Crippen molar-refractivity contribution in [3.63, 3.8) is 0 Å². The fraction of sp³-hybridized carbons (Fsp3) is 0.571. The molecule has 1 aliphatic rings. The topological polar surface area (TPSA) is 33.3 Å². The molecular weight excluding hydrogens is 212 g/mol. The van der Waals surface area contributed by atoms with Crippen LogP contribution in [0.2, 0.25) is 0 Å². The Hall–Kier alpha value is -1.06. The average molecular weight is 234 g/mol. The van der Waals surface area contributed by atoms with Gasteiger partial charge in [-0.1, -0.05) is 18.2 Å². The first kappa shape index (κ1) is 12.4. The molecule has 0 amide bonds. The van der Waals surface area contributed by atoms with Crippen LogP contribution >= 0.6 is 0 Å². The van der Waals surface area contributed by atoms with E-state index >= 15 is 0 Å². The van der Waals surface area contributed by atoms with E-state index < -0.39 is 0 Å². The Balaban J connectivity index is 1.46. The summed E-state index contributed by atoms with van der Waals surface area (Å²) in [4.78, 5) is 0. The minimum atomic E-state index is 0.504. The molecular formula is C14H22N2O. The van der Waals surface area contributed by atoms with Crippen molar-refractivity contribution in [3.05, 3.63) is 30.3 Å². The standard InChI is InChI=1S/C14H22N2O/c1-2-5-13(6-3-1)16-11-10-15-9-8-14-7-4-12-17-14/h1-3,5-6,14-16H,4,7-12H2. The molecule has 1 saturated heterocycles. The van der Waals surface area contributed by atoms with Crippen molar-refractivity contribution in [2.45, 2.75) is 25.4 Å². The molecule has 0 radical (unpaired) electrons. The first-order valence-electron chi connectivity index (χ1n) is 6.56. The lowest BCUT2D eigenvalue weighted by atomic mass is 10.2. The molecule has 3 nitrogen and oxygen atoms in total. The SMILES string of the molecule is c1ccc(NCCNCCC2CCCO2)cc1. The number of para-hydroxylation sites is 1. The van der Waals surface area contributed by atoms with Gasteiger partial charge >= 0.3 is 0 Å². The van der Waals surface area contributed by atoms with E-state index in [-0.39, 0.29) is 0 Å². The molecule has 0 spiro atoms. The van der Waals surface area contributed by atoms with E-state index in [0.717, 1.165) is 32.7 Å². The van der Waals surface area contributed by atoms with E-state index in [1.54, 1.807) is 0 Å². The number of nitrogens with one attached hydrogen (secondary N) is 2. The molecule has 3 heteroatoms. The van der Waals surface area contributed by atoms with Crippen molar-refractivity contribution in [3.8, 4) is 0 Å². The van der Waals surface area contributed by atoms with Crippen molar-refractivity contribution < 1.29 is 4.74 Å². The molecule has 1 unspecified atom stereocenters. The van der Waals surface area contributed by atoms with Gasteiger partial charge in [0, 0.05) is 25.4 Å². The fourth-order valence-electron chi connectivity index (χ4n) is 2.11. The third-order valence-corrected chi connectivity index (χ3v) is 3.07. The minimum Gasteiger partial charge on any atom is -0.384 e. The van der Waals surface area contributed by atoms with Crippen LogP contribution in [0.5, 0.6) is 0 Å². The van der Waals surface area contributed by atoms with Gasteiger partial charge in [0.25, 0.3) is 0 Å². The summed E-state index contributed by atoms with van der Waals surface area (Å²) >= 11 is 0. The maximum absolute atomic E-state index is 5.57. The monoisotopic (exact) mass is 234 g/mol. The first-order valence-corrected chi connectivity index (χ1v) is 6.56. The third-order valence-electron chi connectivity index (χ3n) is 3.07. The third kappa shape index (κ3) is 4.75. The highest BCUT2D eigenvalue weighted by molar-refractivity contribution is 5.42. The molecule has 2 rings (SSSR count). The zero-order valence-corrected chi connectivity index (χ0v) is 10.3. The van der Waals surface area contributed by atoms with Crippen LogP contribution in [0.15, 0.2) is 30.3 Å². The van der Waals surface area contributed by atoms with Gasteiger partial charge in [0.15, 0.2) is 0 Å². The Morgan fingerprint density at radius 1 is 1.12 bits per heavy atom. The van der Waals surface area contributed by atoms with Gasteiger partial charge in [0.1, 0.15) is 0 Å². The molecule has 1 atom stereocenters. The number of ether oxygens (including phenoxy) is 1. The zero-order chi connectivity index (χ0) is 11.8. The fourth-order valence-corrected chi connectivity index (χ4v) is 2.11. The predicted octanol–water partition coefficient (Wildman–Crippen LogP) is 2.26. The van der Waals surface area contributed by atoms with Gasteiger partial charge < -0.3 is 15.4 Å². The second kappa shape index (κ2) is 7.30. The molecule has 0 saturated carbocycles. The Labute approximate surface area is 104 Å². The maximum atomic E-state index is 5.57. The van der Waals surface area contributed by atoms with Crippen LogP contribution in [0, 0.1) is 0 Å². The van der Waals surface area contributed by atoms with Crippen LogP contribution in [-0.4, -0.2) is 32.3 Å². The van der Waals surface area contributed by atoms with Gasteiger partial charge in [-0.15, -0.1) is 0 Å². The van der Waals surface area contributed by atoms with Gasteiger partial charge in [-0.05, 0) is 37.9 Å². The Kier molecular flexibility index (Phi) is 5.33. The highest BCUT2D eigenvalue weighted by Gasteiger charge is 2.13. The zero-order valence-electron chi connectivity index (χ0n) is 10.3. The first-order chi connectivity index (χ1) is 8.45. The predicted molar refractivity (Wildman–Crippen MR) is 71.4 cm³/mol. The second-order valence-electron chi connectivity index (χ2n) is 4.47. The molecule has 17 heavy (non-hydrogen) atoms. The highest BCUT2D eigenvalue weighted by Crippen LogP contribution is 2.14. The summed E-state index contributed by atoms with van der Waals surface area (Å²) in [6, 6.07) is 10.3. The molecule has 2 N–H and O–H groups in total. The number of anilines is 1. The van der Waals surface area contributed by atoms with Gasteiger partial charge in [-0.2, -0.15) is 0 Å². The molecule has 1 aromatic rings. The van der Waals surface area contributed by atoms with E-state index in [1.807, 2.05) is 18.2 Å². The lowest BCUT2D eigenvalue weighted by Gasteiger charge is -2.10. The maximum Gasteiger partial charge on any atom is 0.0588 e. The van der Waals surface area contributed by atoms with Crippen molar-refractivity contribution in [2.24, 2.45) is 0 Å². The van der Waals surface area contributed by atoms with Crippen molar-refractivity contribution >= 4 is 5.69 Å². The van der Waals surface area contributed by atoms with Crippen LogP contribution < -0.4 is 10.6 Å². The number of rotatable bonds is 7. The largest absolute Gasteiger partial charge is 0.384 e. The summed E-state index contributed by atoms with van der Waals surface area (Å²) in [6.07, 6.45) is 4.12. The minimum absolute atomic E-state index is 0.504. The molecule has 0 aliphatic carbocycles. The van der Waals surface area contributed by atoms with Crippen LogP contribution in [0.3, 0.4) is 0 Å². The van der Waals surface area contributed by atoms with E-state index in [1.165, 1.54) is 18.5 Å². The molecule has 1 aromatic carbocycles. The molecule has 0 aromatic heterocycles. The normalized spacial score (nSPS) is 19.4. The molecule has 0 bridgehead atoms. The van der Waals surface area contributed by atoms with Gasteiger partial charge in [-0.25, -0.2) is 0 Å². The van der Waals surface area contributed by atoms with Crippen LogP contribution in [0.1, 0.15) is 19.3 Å². The van der Waals surface area contributed by atoms with Gasteiger partial charge in [0.05, 0.1) is 6.10 Å². The summed E-state index contributed by atoms with van der Waals surface area (Å²) in [7, 11) is 0. The van der Waals surface area contributed by atoms with Crippen LogP contribution in [0.25, 0.3) is 0 Å². The van der Waals surface area contributed by atoms with E-state index in [9.17, 15) is 0 Å². The lowest BCUT2D eigenvalue weighted by Crippen LogP contribution is -2.25. The van der Waals surface area contributed by atoms with Crippen LogP contribution in [0.4, 0.5) is 5.69 Å². The number of benzene rings is 1. The van der Waals surface area contributed by atoms with E-state index in [0.29, 0.717) is 6.10 Å². The summed E-state index contributed by atoms with van der Waals surface area (Å²) in [5.41, 5.74) is 1.19. The van der Waals surface area contributed by atoms with E-state index in [4.69, 9.17) is 4.74 Å². The Morgan fingerprint density at radius 3 is 2.76 bits per heavy atom. The van der Waals surface area contributed by atoms with Crippen LogP contribution in [-0.2, 0) is 4.74 Å². The average Bonchev–Trinajstić information content (AvgIpc) is 2.88. The summed E-state index contributed by atoms with van der Waals surface area (Å²) in [6.45, 7) is 3.98.